The Labute approximate surface area is 109 Å². The van der Waals surface area contributed by atoms with Gasteiger partial charge in [0.2, 0.25) is 5.78 Å². The Hall–Kier alpha value is -1.44. The molecule has 0 spiro atoms. The van der Waals surface area contributed by atoms with Gasteiger partial charge in [0.1, 0.15) is 0 Å². The van der Waals surface area contributed by atoms with Crippen LogP contribution in [-0.4, -0.2) is 18.5 Å². The molecule has 2 unspecified atom stereocenters. The van der Waals surface area contributed by atoms with E-state index in [9.17, 15) is 4.79 Å². The minimum atomic E-state index is 0.0307. The highest BCUT2D eigenvalue weighted by molar-refractivity contribution is 6.35. The van der Waals surface area contributed by atoms with Crippen molar-refractivity contribution in [3.8, 4) is 0 Å². The highest BCUT2D eigenvalue weighted by Crippen LogP contribution is 2.33. The first kappa shape index (κ1) is 13.0. The van der Waals surface area contributed by atoms with Crippen molar-refractivity contribution < 1.29 is 4.79 Å². The SMILES string of the molecule is Cc1cccc(C(=O)/C=N\CC2CCC2C)c1C. The third-order valence-corrected chi connectivity index (χ3v) is 4.22. The monoisotopic (exact) mass is 243 g/mol. The van der Waals surface area contributed by atoms with E-state index in [0.29, 0.717) is 5.92 Å². The molecule has 0 aliphatic heterocycles. The Morgan fingerprint density at radius 2 is 2.17 bits per heavy atom. The fourth-order valence-corrected chi connectivity index (χ4v) is 2.37. The van der Waals surface area contributed by atoms with Crippen molar-refractivity contribution >= 4 is 12.0 Å². The average molecular weight is 243 g/mol. The van der Waals surface area contributed by atoms with E-state index in [-0.39, 0.29) is 5.78 Å². The van der Waals surface area contributed by atoms with Crippen LogP contribution in [0.1, 0.15) is 41.3 Å². The van der Waals surface area contributed by atoms with Crippen molar-refractivity contribution in [3.63, 3.8) is 0 Å². The number of carbonyl (C=O) groups excluding carboxylic acids is 1. The molecule has 0 amide bonds. The summed E-state index contributed by atoms with van der Waals surface area (Å²) in [5.74, 6) is 1.49. The Kier molecular flexibility index (Phi) is 3.95. The van der Waals surface area contributed by atoms with Gasteiger partial charge in [-0.25, -0.2) is 0 Å². The van der Waals surface area contributed by atoms with E-state index in [1.54, 1.807) is 0 Å². The van der Waals surface area contributed by atoms with Crippen LogP contribution in [0.5, 0.6) is 0 Å². The molecule has 2 heteroatoms. The fourth-order valence-electron chi connectivity index (χ4n) is 2.37. The van der Waals surface area contributed by atoms with Crippen molar-refractivity contribution in [2.75, 3.05) is 6.54 Å². The predicted octanol–water partition coefficient (Wildman–Crippen LogP) is 3.60. The molecule has 2 nitrogen and oxygen atoms in total. The van der Waals surface area contributed by atoms with E-state index in [1.165, 1.54) is 19.1 Å². The quantitative estimate of drug-likeness (QED) is 0.587. The Morgan fingerprint density at radius 1 is 1.39 bits per heavy atom. The van der Waals surface area contributed by atoms with E-state index in [4.69, 9.17) is 0 Å². The summed E-state index contributed by atoms with van der Waals surface area (Å²) in [6.45, 7) is 7.08. The minimum absolute atomic E-state index is 0.0307. The number of aliphatic imine (C=N–C) groups is 1. The van der Waals surface area contributed by atoms with Crippen LogP contribution >= 0.6 is 0 Å². The highest BCUT2D eigenvalue weighted by atomic mass is 16.1. The van der Waals surface area contributed by atoms with Crippen LogP contribution < -0.4 is 0 Å². The van der Waals surface area contributed by atoms with Crippen molar-refractivity contribution in [3.05, 3.63) is 34.9 Å². The first-order valence-corrected chi connectivity index (χ1v) is 6.70. The maximum Gasteiger partial charge on any atom is 0.203 e. The number of ketones is 1. The molecule has 0 radical (unpaired) electrons. The summed E-state index contributed by atoms with van der Waals surface area (Å²) >= 11 is 0. The molecule has 0 bridgehead atoms. The van der Waals surface area contributed by atoms with Crippen LogP contribution in [-0.2, 0) is 0 Å². The molecule has 0 aromatic heterocycles. The van der Waals surface area contributed by atoms with Gasteiger partial charge in [0.25, 0.3) is 0 Å². The summed E-state index contributed by atoms with van der Waals surface area (Å²) in [6, 6.07) is 5.83. The van der Waals surface area contributed by atoms with E-state index >= 15 is 0 Å². The summed E-state index contributed by atoms with van der Waals surface area (Å²) in [5.41, 5.74) is 2.99. The molecule has 1 fully saturated rings. The predicted molar refractivity (Wildman–Crippen MR) is 75.5 cm³/mol. The average Bonchev–Trinajstić information content (AvgIpc) is 2.35. The molecule has 1 aliphatic carbocycles. The molecule has 1 aliphatic rings. The molecule has 0 saturated heterocycles. The number of hydrogen-bond donors (Lipinski definition) is 0. The summed E-state index contributed by atoms with van der Waals surface area (Å²) in [4.78, 5) is 16.4. The second-order valence-electron chi connectivity index (χ2n) is 5.42. The second-order valence-corrected chi connectivity index (χ2v) is 5.42. The van der Waals surface area contributed by atoms with Gasteiger partial charge in [-0.15, -0.1) is 0 Å². The number of rotatable bonds is 4. The molecule has 1 aromatic carbocycles. The topological polar surface area (TPSA) is 29.4 Å². The molecular formula is C16H21NO. The van der Waals surface area contributed by atoms with Crippen molar-refractivity contribution in [1.29, 1.82) is 0 Å². The maximum atomic E-state index is 12.0. The lowest BCUT2D eigenvalue weighted by atomic mass is 9.75. The molecule has 2 atom stereocenters. The van der Waals surface area contributed by atoms with Gasteiger partial charge in [0.05, 0.1) is 6.21 Å². The van der Waals surface area contributed by atoms with Crippen LogP contribution in [0.2, 0.25) is 0 Å². The summed E-state index contributed by atoms with van der Waals surface area (Å²) < 4.78 is 0. The maximum absolute atomic E-state index is 12.0. The van der Waals surface area contributed by atoms with Gasteiger partial charge in [0.15, 0.2) is 0 Å². The molecular weight excluding hydrogens is 222 g/mol. The van der Waals surface area contributed by atoms with Gasteiger partial charge in [-0.05, 0) is 43.2 Å². The van der Waals surface area contributed by atoms with Crippen LogP contribution in [0.15, 0.2) is 23.2 Å². The summed E-state index contributed by atoms with van der Waals surface area (Å²) in [7, 11) is 0. The number of aryl methyl sites for hydroxylation is 1. The summed E-state index contributed by atoms with van der Waals surface area (Å²) in [6.07, 6.45) is 4.08. The zero-order chi connectivity index (χ0) is 13.1. The van der Waals surface area contributed by atoms with E-state index in [0.717, 1.165) is 29.2 Å². The number of carbonyl (C=O) groups is 1. The lowest BCUT2D eigenvalue weighted by Crippen LogP contribution is -2.25. The Morgan fingerprint density at radius 3 is 2.78 bits per heavy atom. The first-order chi connectivity index (χ1) is 8.59. The van der Waals surface area contributed by atoms with Crippen molar-refractivity contribution in [2.24, 2.45) is 16.8 Å². The van der Waals surface area contributed by atoms with Crippen LogP contribution in [0.25, 0.3) is 0 Å². The molecule has 1 saturated carbocycles. The Bertz CT molecular complexity index is 476. The largest absolute Gasteiger partial charge is 0.289 e. The van der Waals surface area contributed by atoms with Crippen LogP contribution in [0.4, 0.5) is 0 Å². The molecule has 0 heterocycles. The first-order valence-electron chi connectivity index (χ1n) is 6.70. The standard InChI is InChI=1S/C16H21NO/c1-11-5-4-6-15(13(11)3)16(18)10-17-9-14-8-7-12(14)2/h4-6,10,12,14H,7-9H2,1-3H3/b17-10-. The van der Waals surface area contributed by atoms with E-state index < -0.39 is 0 Å². The number of nitrogens with zero attached hydrogens (tertiary/aromatic N) is 1. The lowest BCUT2D eigenvalue weighted by Gasteiger charge is -2.32. The molecule has 0 N–H and O–H groups in total. The summed E-state index contributed by atoms with van der Waals surface area (Å²) in [5, 5.41) is 0. The molecule has 1 aromatic rings. The zero-order valence-electron chi connectivity index (χ0n) is 11.4. The number of hydrogen-bond acceptors (Lipinski definition) is 2. The van der Waals surface area contributed by atoms with Gasteiger partial charge in [0, 0.05) is 12.1 Å². The van der Waals surface area contributed by atoms with Gasteiger partial charge < -0.3 is 0 Å². The highest BCUT2D eigenvalue weighted by Gasteiger charge is 2.25. The smallest absolute Gasteiger partial charge is 0.203 e. The van der Waals surface area contributed by atoms with Gasteiger partial charge >= 0.3 is 0 Å². The molecule has 18 heavy (non-hydrogen) atoms. The van der Waals surface area contributed by atoms with Crippen LogP contribution in [0.3, 0.4) is 0 Å². The normalized spacial score (nSPS) is 23.1. The Balaban J connectivity index is 1.99. The zero-order valence-corrected chi connectivity index (χ0v) is 11.4. The van der Waals surface area contributed by atoms with Crippen molar-refractivity contribution in [1.82, 2.24) is 0 Å². The second kappa shape index (κ2) is 5.47. The third kappa shape index (κ3) is 2.69. The number of benzene rings is 1. The molecule has 2 rings (SSSR count). The molecule has 96 valence electrons. The lowest BCUT2D eigenvalue weighted by molar-refractivity contribution is 0.106. The number of Topliss-reactive ketones (excluding diaryl/α,β-unsaturated/α-hetero) is 1. The minimum Gasteiger partial charge on any atom is -0.289 e. The van der Waals surface area contributed by atoms with Gasteiger partial charge in [-0.1, -0.05) is 31.5 Å². The van der Waals surface area contributed by atoms with Crippen LogP contribution in [0, 0.1) is 25.7 Å². The third-order valence-electron chi connectivity index (χ3n) is 4.22. The van der Waals surface area contributed by atoms with E-state index in [2.05, 4.69) is 11.9 Å². The van der Waals surface area contributed by atoms with Crippen molar-refractivity contribution in [2.45, 2.75) is 33.6 Å². The fraction of sp³-hybridized carbons (Fsp3) is 0.500. The van der Waals surface area contributed by atoms with Gasteiger partial charge in [-0.3, -0.25) is 9.79 Å². The van der Waals surface area contributed by atoms with Gasteiger partial charge in [-0.2, -0.15) is 0 Å². The van der Waals surface area contributed by atoms with E-state index in [1.807, 2.05) is 32.0 Å².